The predicted molar refractivity (Wildman–Crippen MR) is 129 cm³/mol. The third-order valence-electron chi connectivity index (χ3n) is 4.60. The van der Waals surface area contributed by atoms with Crippen LogP contribution in [0.25, 0.3) is 0 Å². The summed E-state index contributed by atoms with van der Waals surface area (Å²) in [6.07, 6.45) is 0.466. The minimum Gasteiger partial charge on any atom is -0.350 e. The number of hydrogen-bond acceptors (Lipinski definition) is 2. The van der Waals surface area contributed by atoms with Gasteiger partial charge in [0.05, 0.1) is 6.42 Å². The summed E-state index contributed by atoms with van der Waals surface area (Å²) in [5.41, 5.74) is 0.898. The van der Waals surface area contributed by atoms with Crippen molar-refractivity contribution in [3.8, 4) is 0 Å². The Hall–Kier alpha value is -1.46. The number of amides is 2. The summed E-state index contributed by atoms with van der Waals surface area (Å²) in [4.78, 5) is 28.0. The van der Waals surface area contributed by atoms with E-state index in [-0.39, 0.29) is 24.8 Å². The Kier molecular flexibility index (Phi) is 9.08. The summed E-state index contributed by atoms with van der Waals surface area (Å²) in [5, 5.41) is 4.78. The fourth-order valence-corrected chi connectivity index (χ4v) is 4.08. The number of nitrogens with zero attached hydrogens (tertiary/aromatic N) is 1. The van der Waals surface area contributed by atoms with Gasteiger partial charge < -0.3 is 10.2 Å². The van der Waals surface area contributed by atoms with Gasteiger partial charge in [0.25, 0.3) is 0 Å². The standard InChI is InChI=1S/C23H26Cl4N2O2/c1-5-20(22(31)28-23(2,3)4)29(13-15-7-9-17(25)12-19(15)27)21(30)10-14-6-8-16(24)11-18(14)26/h6-9,11-12,20H,5,10,13H2,1-4H3,(H,28,31)/t20-/m1/s1. The first kappa shape index (κ1) is 25.8. The molecule has 0 aliphatic rings. The van der Waals surface area contributed by atoms with Crippen molar-refractivity contribution in [1.29, 1.82) is 0 Å². The molecule has 0 saturated heterocycles. The van der Waals surface area contributed by atoms with Crippen LogP contribution >= 0.6 is 46.4 Å². The number of carbonyl (C=O) groups excluding carboxylic acids is 2. The van der Waals surface area contributed by atoms with E-state index in [1.165, 1.54) is 0 Å². The molecule has 0 saturated carbocycles. The van der Waals surface area contributed by atoms with Crippen molar-refractivity contribution >= 4 is 58.2 Å². The molecule has 0 aliphatic heterocycles. The van der Waals surface area contributed by atoms with Gasteiger partial charge in [-0.3, -0.25) is 9.59 Å². The second-order valence-corrected chi connectivity index (χ2v) is 10.0. The molecule has 2 aromatic carbocycles. The number of benzene rings is 2. The first-order valence-electron chi connectivity index (χ1n) is 9.90. The van der Waals surface area contributed by atoms with E-state index in [2.05, 4.69) is 5.32 Å². The van der Waals surface area contributed by atoms with E-state index >= 15 is 0 Å². The lowest BCUT2D eigenvalue weighted by atomic mass is 10.0. The zero-order valence-corrected chi connectivity index (χ0v) is 21.0. The minimum atomic E-state index is -0.676. The average molecular weight is 504 g/mol. The molecule has 0 unspecified atom stereocenters. The molecule has 1 N–H and O–H groups in total. The van der Waals surface area contributed by atoms with Crippen molar-refractivity contribution in [3.63, 3.8) is 0 Å². The van der Waals surface area contributed by atoms with Gasteiger partial charge in [-0.2, -0.15) is 0 Å². The molecule has 2 rings (SSSR count). The Morgan fingerprint density at radius 3 is 1.90 bits per heavy atom. The van der Waals surface area contributed by atoms with E-state index in [1.54, 1.807) is 41.3 Å². The van der Waals surface area contributed by atoms with Crippen LogP contribution in [0.15, 0.2) is 36.4 Å². The number of carbonyl (C=O) groups is 2. The van der Waals surface area contributed by atoms with Crippen LogP contribution in [0.3, 0.4) is 0 Å². The lowest BCUT2D eigenvalue weighted by Crippen LogP contribution is -2.53. The molecule has 0 aliphatic carbocycles. The van der Waals surface area contributed by atoms with Gasteiger partial charge in [0.1, 0.15) is 6.04 Å². The molecular formula is C23H26Cl4N2O2. The highest BCUT2D eigenvalue weighted by atomic mass is 35.5. The van der Waals surface area contributed by atoms with E-state index < -0.39 is 11.6 Å². The Labute approximate surface area is 203 Å². The summed E-state index contributed by atoms with van der Waals surface area (Å²) >= 11 is 24.6. The Bertz CT molecular complexity index is 957. The van der Waals surface area contributed by atoms with E-state index in [9.17, 15) is 9.59 Å². The van der Waals surface area contributed by atoms with Gasteiger partial charge in [0.15, 0.2) is 0 Å². The average Bonchev–Trinajstić information content (AvgIpc) is 2.64. The van der Waals surface area contributed by atoms with E-state index in [1.807, 2.05) is 27.7 Å². The van der Waals surface area contributed by atoms with Crippen LogP contribution in [0.1, 0.15) is 45.2 Å². The maximum atomic E-state index is 13.4. The third kappa shape index (κ3) is 7.57. The van der Waals surface area contributed by atoms with Crippen LogP contribution in [0.2, 0.25) is 20.1 Å². The van der Waals surface area contributed by atoms with Gasteiger partial charge >= 0.3 is 0 Å². The van der Waals surface area contributed by atoms with Gasteiger partial charge in [0.2, 0.25) is 11.8 Å². The molecule has 0 radical (unpaired) electrons. The van der Waals surface area contributed by atoms with E-state index in [4.69, 9.17) is 46.4 Å². The zero-order valence-electron chi connectivity index (χ0n) is 17.9. The highest BCUT2D eigenvalue weighted by Crippen LogP contribution is 2.26. The summed E-state index contributed by atoms with van der Waals surface area (Å²) in [7, 11) is 0. The summed E-state index contributed by atoms with van der Waals surface area (Å²) in [6, 6.07) is 9.39. The Balaban J connectivity index is 2.39. The van der Waals surface area contributed by atoms with Crippen molar-refractivity contribution in [2.45, 2.75) is 58.7 Å². The monoisotopic (exact) mass is 502 g/mol. The molecule has 8 heteroatoms. The summed E-state index contributed by atoms with van der Waals surface area (Å²) in [5.74, 6) is -0.471. The SMILES string of the molecule is CC[C@H](C(=O)NC(C)(C)C)N(Cc1ccc(Cl)cc1Cl)C(=O)Cc1ccc(Cl)cc1Cl. The van der Waals surface area contributed by atoms with Crippen LogP contribution in [0.5, 0.6) is 0 Å². The van der Waals surface area contributed by atoms with Gasteiger partial charge in [-0.1, -0.05) is 65.5 Å². The quantitative estimate of drug-likeness (QED) is 0.464. The molecule has 4 nitrogen and oxygen atoms in total. The first-order valence-corrected chi connectivity index (χ1v) is 11.4. The number of rotatable bonds is 7. The smallest absolute Gasteiger partial charge is 0.243 e. The normalized spacial score (nSPS) is 12.4. The second kappa shape index (κ2) is 10.9. The van der Waals surface area contributed by atoms with Gasteiger partial charge in [-0.25, -0.2) is 0 Å². The van der Waals surface area contributed by atoms with Gasteiger partial charge in [-0.05, 0) is 62.6 Å². The van der Waals surface area contributed by atoms with E-state index in [0.29, 0.717) is 37.6 Å². The maximum Gasteiger partial charge on any atom is 0.243 e. The second-order valence-electron chi connectivity index (χ2n) is 8.33. The topological polar surface area (TPSA) is 49.4 Å². The van der Waals surface area contributed by atoms with Crippen molar-refractivity contribution in [3.05, 3.63) is 67.6 Å². The molecule has 0 heterocycles. The lowest BCUT2D eigenvalue weighted by Gasteiger charge is -2.33. The van der Waals surface area contributed by atoms with Crippen molar-refractivity contribution < 1.29 is 9.59 Å². The number of halogens is 4. The predicted octanol–water partition coefficient (Wildman–Crippen LogP) is 6.56. The fraction of sp³-hybridized carbons (Fsp3) is 0.391. The Morgan fingerprint density at radius 2 is 1.45 bits per heavy atom. The molecule has 0 aromatic heterocycles. The Morgan fingerprint density at radius 1 is 0.935 bits per heavy atom. The molecule has 168 valence electrons. The molecular weight excluding hydrogens is 478 g/mol. The van der Waals surface area contributed by atoms with Crippen LogP contribution in [0, 0.1) is 0 Å². The van der Waals surface area contributed by atoms with Crippen LogP contribution < -0.4 is 5.32 Å². The van der Waals surface area contributed by atoms with Crippen LogP contribution in [0.4, 0.5) is 0 Å². The van der Waals surface area contributed by atoms with Gasteiger partial charge in [0, 0.05) is 32.2 Å². The number of hydrogen-bond donors (Lipinski definition) is 1. The van der Waals surface area contributed by atoms with Crippen molar-refractivity contribution in [2.24, 2.45) is 0 Å². The highest BCUT2D eigenvalue weighted by Gasteiger charge is 2.31. The van der Waals surface area contributed by atoms with Crippen LogP contribution in [-0.2, 0) is 22.6 Å². The molecule has 2 aromatic rings. The van der Waals surface area contributed by atoms with Crippen LogP contribution in [-0.4, -0.2) is 28.3 Å². The third-order valence-corrected chi connectivity index (χ3v) is 5.77. The zero-order chi connectivity index (χ0) is 23.3. The minimum absolute atomic E-state index is 0.0283. The van der Waals surface area contributed by atoms with Gasteiger partial charge in [-0.15, -0.1) is 0 Å². The summed E-state index contributed by atoms with van der Waals surface area (Å²) in [6.45, 7) is 7.72. The first-order chi connectivity index (χ1) is 14.4. The van der Waals surface area contributed by atoms with Crippen molar-refractivity contribution in [2.75, 3.05) is 0 Å². The summed E-state index contributed by atoms with van der Waals surface area (Å²) < 4.78 is 0. The maximum absolute atomic E-state index is 13.4. The van der Waals surface area contributed by atoms with E-state index in [0.717, 1.165) is 0 Å². The lowest BCUT2D eigenvalue weighted by molar-refractivity contribution is -0.141. The molecule has 2 amide bonds. The molecule has 0 spiro atoms. The molecule has 31 heavy (non-hydrogen) atoms. The molecule has 1 atom stereocenters. The largest absolute Gasteiger partial charge is 0.350 e. The molecule has 0 bridgehead atoms. The number of nitrogens with one attached hydrogen (secondary N) is 1. The fourth-order valence-electron chi connectivity index (χ4n) is 3.14. The molecule has 0 fully saturated rings. The highest BCUT2D eigenvalue weighted by molar-refractivity contribution is 6.35. The van der Waals surface area contributed by atoms with Crippen molar-refractivity contribution in [1.82, 2.24) is 10.2 Å².